The van der Waals surface area contributed by atoms with Crippen molar-refractivity contribution in [2.45, 2.75) is 32.5 Å². The Kier molecular flexibility index (Phi) is 4.84. The van der Waals surface area contributed by atoms with E-state index < -0.39 is 0 Å². The molecular formula is C12H17NO2. The fourth-order valence-electron chi connectivity index (χ4n) is 1.23. The minimum absolute atomic E-state index is 0.118. The average molecular weight is 207 g/mol. The van der Waals surface area contributed by atoms with E-state index in [4.69, 9.17) is 4.74 Å². The smallest absolute Gasteiger partial charge is 0.150 e. The largest absolute Gasteiger partial charge is 0.475 e. The number of carbonyl (C=O) groups excluding carboxylic acids is 1. The van der Waals surface area contributed by atoms with Gasteiger partial charge in [-0.1, -0.05) is 25.1 Å². The van der Waals surface area contributed by atoms with Gasteiger partial charge >= 0.3 is 0 Å². The first-order valence-corrected chi connectivity index (χ1v) is 5.19. The Labute approximate surface area is 90.4 Å². The number of carbonyl (C=O) groups is 1. The number of ether oxygens (including phenoxy) is 1. The van der Waals surface area contributed by atoms with E-state index in [1.807, 2.05) is 44.2 Å². The zero-order valence-electron chi connectivity index (χ0n) is 9.14. The third-order valence-electron chi connectivity index (χ3n) is 2.05. The summed E-state index contributed by atoms with van der Waals surface area (Å²) in [5, 5.41) is 3.07. The van der Waals surface area contributed by atoms with Crippen LogP contribution in [0.25, 0.3) is 0 Å². The molecule has 1 unspecified atom stereocenters. The lowest BCUT2D eigenvalue weighted by atomic mass is 10.3. The SMILES string of the molecule is CCC(N[C@@H](C)C=O)Oc1ccccc1. The van der Waals surface area contributed by atoms with Gasteiger partial charge in [0, 0.05) is 0 Å². The van der Waals surface area contributed by atoms with Crippen molar-refractivity contribution in [3.63, 3.8) is 0 Å². The maximum atomic E-state index is 10.5. The van der Waals surface area contributed by atoms with E-state index in [0.717, 1.165) is 18.5 Å². The fourth-order valence-corrected chi connectivity index (χ4v) is 1.23. The lowest BCUT2D eigenvalue weighted by Gasteiger charge is -2.20. The molecule has 1 N–H and O–H groups in total. The van der Waals surface area contributed by atoms with Gasteiger partial charge in [0.05, 0.1) is 6.04 Å². The summed E-state index contributed by atoms with van der Waals surface area (Å²) in [4.78, 5) is 10.5. The molecule has 15 heavy (non-hydrogen) atoms. The van der Waals surface area contributed by atoms with Crippen LogP contribution in [0.4, 0.5) is 0 Å². The number of para-hydroxylation sites is 1. The molecule has 1 aromatic rings. The van der Waals surface area contributed by atoms with Gasteiger partial charge in [0.2, 0.25) is 0 Å². The Morgan fingerprint density at radius 1 is 1.40 bits per heavy atom. The van der Waals surface area contributed by atoms with Crippen LogP contribution in [0.2, 0.25) is 0 Å². The van der Waals surface area contributed by atoms with Crippen molar-refractivity contribution in [2.24, 2.45) is 0 Å². The number of hydrogen-bond donors (Lipinski definition) is 1. The molecule has 0 spiro atoms. The highest BCUT2D eigenvalue weighted by molar-refractivity contribution is 5.56. The summed E-state index contributed by atoms with van der Waals surface area (Å²) in [5.74, 6) is 0.815. The van der Waals surface area contributed by atoms with Gasteiger partial charge in [0.1, 0.15) is 18.3 Å². The predicted octanol–water partition coefficient (Wildman–Crippen LogP) is 1.98. The van der Waals surface area contributed by atoms with Gasteiger partial charge in [-0.25, -0.2) is 0 Å². The van der Waals surface area contributed by atoms with Gasteiger partial charge in [0.15, 0.2) is 0 Å². The summed E-state index contributed by atoms with van der Waals surface area (Å²) in [6.45, 7) is 3.82. The summed E-state index contributed by atoms with van der Waals surface area (Å²) in [6, 6.07) is 9.40. The average Bonchev–Trinajstić information content (AvgIpc) is 2.29. The van der Waals surface area contributed by atoms with E-state index in [0.29, 0.717) is 0 Å². The maximum Gasteiger partial charge on any atom is 0.150 e. The van der Waals surface area contributed by atoms with Crippen LogP contribution in [-0.2, 0) is 4.79 Å². The molecule has 0 heterocycles. The first-order chi connectivity index (χ1) is 7.26. The summed E-state index contributed by atoms with van der Waals surface area (Å²) >= 11 is 0. The standard InChI is InChI=1S/C12H17NO2/c1-3-12(13-10(2)9-14)15-11-7-5-4-6-8-11/h4-10,12-13H,3H2,1-2H3/t10-,12?/m0/s1. The molecule has 3 nitrogen and oxygen atoms in total. The Bertz CT molecular complexity index is 287. The van der Waals surface area contributed by atoms with Crippen LogP contribution in [0.3, 0.4) is 0 Å². The molecule has 0 aliphatic rings. The lowest BCUT2D eigenvalue weighted by molar-refractivity contribution is -0.109. The molecule has 3 heteroatoms. The van der Waals surface area contributed by atoms with Crippen molar-refractivity contribution in [2.75, 3.05) is 0 Å². The second-order valence-corrected chi connectivity index (χ2v) is 3.42. The first-order valence-electron chi connectivity index (χ1n) is 5.19. The van der Waals surface area contributed by atoms with Crippen LogP contribution >= 0.6 is 0 Å². The Balaban J connectivity index is 2.50. The van der Waals surface area contributed by atoms with Crippen molar-refractivity contribution in [1.29, 1.82) is 0 Å². The molecule has 0 fully saturated rings. The highest BCUT2D eigenvalue weighted by atomic mass is 16.5. The second-order valence-electron chi connectivity index (χ2n) is 3.42. The Morgan fingerprint density at radius 3 is 2.60 bits per heavy atom. The van der Waals surface area contributed by atoms with Gasteiger partial charge in [-0.2, -0.15) is 0 Å². The molecule has 0 aliphatic heterocycles. The molecule has 82 valence electrons. The van der Waals surface area contributed by atoms with E-state index in [1.165, 1.54) is 0 Å². The molecule has 2 atom stereocenters. The molecule has 0 aromatic heterocycles. The van der Waals surface area contributed by atoms with Gasteiger partial charge in [-0.15, -0.1) is 0 Å². The van der Waals surface area contributed by atoms with Crippen molar-refractivity contribution in [1.82, 2.24) is 5.32 Å². The number of aldehydes is 1. The molecule has 0 aliphatic carbocycles. The maximum absolute atomic E-state index is 10.5. The zero-order valence-corrected chi connectivity index (χ0v) is 9.14. The van der Waals surface area contributed by atoms with E-state index >= 15 is 0 Å². The molecule has 1 aromatic carbocycles. The summed E-state index contributed by atoms with van der Waals surface area (Å²) in [6.07, 6.45) is 1.57. The van der Waals surface area contributed by atoms with Crippen LogP contribution in [0.1, 0.15) is 20.3 Å². The minimum atomic E-state index is -0.182. The van der Waals surface area contributed by atoms with Crippen LogP contribution < -0.4 is 10.1 Å². The fraction of sp³-hybridized carbons (Fsp3) is 0.417. The van der Waals surface area contributed by atoms with Crippen LogP contribution in [0.15, 0.2) is 30.3 Å². The van der Waals surface area contributed by atoms with E-state index in [2.05, 4.69) is 5.32 Å². The van der Waals surface area contributed by atoms with E-state index in [1.54, 1.807) is 0 Å². The summed E-state index contributed by atoms with van der Waals surface area (Å²) in [5.41, 5.74) is 0. The van der Waals surface area contributed by atoms with Gasteiger partial charge in [-0.05, 0) is 25.5 Å². The third kappa shape index (κ3) is 4.13. The second kappa shape index (κ2) is 6.19. The normalized spacial score (nSPS) is 14.3. The van der Waals surface area contributed by atoms with E-state index in [9.17, 15) is 4.79 Å². The highest BCUT2D eigenvalue weighted by Gasteiger charge is 2.10. The first kappa shape index (κ1) is 11.7. The van der Waals surface area contributed by atoms with Crippen molar-refractivity contribution in [3.05, 3.63) is 30.3 Å². The number of hydrogen-bond acceptors (Lipinski definition) is 3. The number of benzene rings is 1. The van der Waals surface area contributed by atoms with Crippen molar-refractivity contribution >= 4 is 6.29 Å². The molecular weight excluding hydrogens is 190 g/mol. The summed E-state index contributed by atoms with van der Waals surface area (Å²) in [7, 11) is 0. The number of rotatable bonds is 6. The monoisotopic (exact) mass is 207 g/mol. The van der Waals surface area contributed by atoms with Gasteiger partial charge < -0.3 is 9.53 Å². The van der Waals surface area contributed by atoms with Crippen molar-refractivity contribution < 1.29 is 9.53 Å². The molecule has 0 radical (unpaired) electrons. The van der Waals surface area contributed by atoms with Crippen LogP contribution in [0.5, 0.6) is 5.75 Å². The van der Waals surface area contributed by atoms with Gasteiger partial charge in [0.25, 0.3) is 0 Å². The van der Waals surface area contributed by atoms with Crippen LogP contribution in [-0.4, -0.2) is 18.6 Å². The molecule has 0 amide bonds. The number of nitrogens with one attached hydrogen (secondary N) is 1. The zero-order chi connectivity index (χ0) is 11.1. The van der Waals surface area contributed by atoms with Gasteiger partial charge in [-0.3, -0.25) is 5.32 Å². The molecule has 0 saturated heterocycles. The minimum Gasteiger partial charge on any atom is -0.475 e. The summed E-state index contributed by atoms with van der Waals surface area (Å²) < 4.78 is 5.67. The molecule has 0 bridgehead atoms. The lowest BCUT2D eigenvalue weighted by Crippen LogP contribution is -2.40. The van der Waals surface area contributed by atoms with E-state index in [-0.39, 0.29) is 12.3 Å². The molecule has 0 saturated carbocycles. The third-order valence-corrected chi connectivity index (χ3v) is 2.05. The van der Waals surface area contributed by atoms with Crippen LogP contribution in [0, 0.1) is 0 Å². The quantitative estimate of drug-likeness (QED) is 0.572. The van der Waals surface area contributed by atoms with Crippen molar-refractivity contribution in [3.8, 4) is 5.75 Å². The Morgan fingerprint density at radius 2 is 2.07 bits per heavy atom. The highest BCUT2D eigenvalue weighted by Crippen LogP contribution is 2.11. The Hall–Kier alpha value is -1.35. The predicted molar refractivity (Wildman–Crippen MR) is 59.8 cm³/mol. The topological polar surface area (TPSA) is 38.3 Å². The molecule has 1 rings (SSSR count).